The highest BCUT2D eigenvalue weighted by Gasteiger charge is 2.11. The van der Waals surface area contributed by atoms with E-state index in [-0.39, 0.29) is 5.82 Å². The molecule has 0 radical (unpaired) electrons. The van der Waals surface area contributed by atoms with Gasteiger partial charge in [-0.05, 0) is 42.8 Å². The number of hydrogen-bond acceptors (Lipinski definition) is 1. The third-order valence-corrected chi connectivity index (χ3v) is 4.04. The minimum Gasteiger partial charge on any atom is -0.331 e. The smallest absolute Gasteiger partial charge is 0.178 e. The fraction of sp³-hybridized carbons (Fsp3) is 0.533. The highest BCUT2D eigenvalue weighted by molar-refractivity contribution is 7.71. The molecule has 0 spiro atoms. The van der Waals surface area contributed by atoms with Crippen LogP contribution in [0.15, 0.2) is 18.2 Å². The molecule has 1 N–H and O–H groups in total. The second-order valence-corrected chi connectivity index (χ2v) is 5.51. The van der Waals surface area contributed by atoms with Gasteiger partial charge in [0.1, 0.15) is 5.82 Å². The Bertz CT molecular complexity index is 600. The molecule has 0 bridgehead atoms. The van der Waals surface area contributed by atoms with Crippen LogP contribution in [0.2, 0.25) is 0 Å². The van der Waals surface area contributed by atoms with Gasteiger partial charge in [0.2, 0.25) is 0 Å². The number of unbranched alkanes of at least 4 members (excludes halogenated alkanes) is 1. The molecule has 1 aromatic heterocycles. The van der Waals surface area contributed by atoms with Gasteiger partial charge in [-0.1, -0.05) is 33.1 Å². The van der Waals surface area contributed by atoms with Gasteiger partial charge >= 0.3 is 0 Å². The van der Waals surface area contributed by atoms with Crippen molar-refractivity contribution in [3.8, 4) is 0 Å². The van der Waals surface area contributed by atoms with Gasteiger partial charge in [-0.15, -0.1) is 0 Å². The number of aromatic nitrogens is 2. The molecule has 0 saturated carbocycles. The number of benzene rings is 1. The van der Waals surface area contributed by atoms with Gasteiger partial charge in [-0.25, -0.2) is 4.39 Å². The van der Waals surface area contributed by atoms with E-state index in [1.54, 1.807) is 12.1 Å². The molecule has 1 aromatic carbocycles. The van der Waals surface area contributed by atoms with Crippen molar-refractivity contribution in [2.75, 3.05) is 0 Å². The SMILES string of the molecule is CCCCC(CC)Cn1c(=S)[nH]c2ccc(F)cc21. The molecule has 1 atom stereocenters. The number of aromatic amines is 1. The number of nitrogens with zero attached hydrogens (tertiary/aromatic N) is 1. The number of halogens is 1. The second-order valence-electron chi connectivity index (χ2n) is 5.12. The fourth-order valence-electron chi connectivity index (χ4n) is 2.48. The Labute approximate surface area is 118 Å². The summed E-state index contributed by atoms with van der Waals surface area (Å²) in [6, 6.07) is 4.78. The molecule has 0 saturated heterocycles. The molecular weight excluding hydrogens is 259 g/mol. The van der Waals surface area contributed by atoms with Gasteiger partial charge in [0, 0.05) is 6.54 Å². The van der Waals surface area contributed by atoms with Crippen molar-refractivity contribution in [2.24, 2.45) is 5.92 Å². The van der Waals surface area contributed by atoms with E-state index in [4.69, 9.17) is 12.2 Å². The molecular formula is C15H21FN2S. The third-order valence-electron chi connectivity index (χ3n) is 3.72. The molecule has 1 heterocycles. The van der Waals surface area contributed by atoms with E-state index >= 15 is 0 Å². The van der Waals surface area contributed by atoms with E-state index < -0.39 is 0 Å². The molecule has 2 nitrogen and oxygen atoms in total. The van der Waals surface area contributed by atoms with Crippen LogP contribution in [-0.2, 0) is 6.54 Å². The predicted octanol–water partition coefficient (Wildman–Crippen LogP) is 5.05. The third kappa shape index (κ3) is 3.24. The Morgan fingerprint density at radius 1 is 1.37 bits per heavy atom. The van der Waals surface area contributed by atoms with Crippen LogP contribution < -0.4 is 0 Å². The summed E-state index contributed by atoms with van der Waals surface area (Å²) in [5, 5.41) is 0. The van der Waals surface area contributed by atoms with E-state index in [2.05, 4.69) is 18.8 Å². The average Bonchev–Trinajstić information content (AvgIpc) is 2.70. The van der Waals surface area contributed by atoms with Gasteiger partial charge in [0.05, 0.1) is 11.0 Å². The van der Waals surface area contributed by atoms with Crippen molar-refractivity contribution in [3.05, 3.63) is 28.8 Å². The maximum absolute atomic E-state index is 13.4. The van der Waals surface area contributed by atoms with E-state index in [0.717, 1.165) is 24.0 Å². The highest BCUT2D eigenvalue weighted by atomic mass is 32.1. The van der Waals surface area contributed by atoms with Crippen LogP contribution in [0.5, 0.6) is 0 Å². The van der Waals surface area contributed by atoms with Crippen molar-refractivity contribution in [1.82, 2.24) is 9.55 Å². The standard InChI is InChI=1S/C15H21FN2S/c1-3-5-6-11(4-2)10-18-14-9-12(16)7-8-13(14)17-15(18)19/h7-9,11H,3-6,10H2,1-2H3,(H,17,19). The molecule has 2 rings (SSSR count). The molecule has 0 amide bonds. The summed E-state index contributed by atoms with van der Waals surface area (Å²) in [7, 11) is 0. The zero-order valence-corrected chi connectivity index (χ0v) is 12.4. The van der Waals surface area contributed by atoms with Crippen molar-refractivity contribution in [2.45, 2.75) is 46.1 Å². The van der Waals surface area contributed by atoms with Crippen molar-refractivity contribution < 1.29 is 4.39 Å². The Hall–Kier alpha value is -1.16. The molecule has 0 aliphatic heterocycles. The van der Waals surface area contributed by atoms with Gasteiger partial charge in [-0.3, -0.25) is 0 Å². The van der Waals surface area contributed by atoms with E-state index in [1.165, 1.54) is 25.3 Å². The van der Waals surface area contributed by atoms with Gasteiger partial charge < -0.3 is 9.55 Å². The normalized spacial score (nSPS) is 13.0. The second kappa shape index (κ2) is 6.33. The summed E-state index contributed by atoms with van der Waals surface area (Å²) in [6.45, 7) is 5.29. The van der Waals surface area contributed by atoms with Gasteiger partial charge in [0.25, 0.3) is 0 Å². The fourth-order valence-corrected chi connectivity index (χ4v) is 2.77. The highest BCUT2D eigenvalue weighted by Crippen LogP contribution is 2.21. The van der Waals surface area contributed by atoms with Crippen molar-refractivity contribution in [1.29, 1.82) is 0 Å². The van der Waals surface area contributed by atoms with Crippen LogP contribution in [0.4, 0.5) is 4.39 Å². The predicted molar refractivity (Wildman–Crippen MR) is 80.4 cm³/mol. The summed E-state index contributed by atoms with van der Waals surface area (Å²) < 4.78 is 16.1. The minimum absolute atomic E-state index is 0.211. The summed E-state index contributed by atoms with van der Waals surface area (Å²) >= 11 is 5.36. The van der Waals surface area contributed by atoms with E-state index in [9.17, 15) is 4.39 Å². The first-order valence-electron chi connectivity index (χ1n) is 7.03. The number of hydrogen-bond donors (Lipinski definition) is 1. The molecule has 0 aliphatic carbocycles. The Morgan fingerprint density at radius 2 is 2.16 bits per heavy atom. The molecule has 1 unspecified atom stereocenters. The summed E-state index contributed by atoms with van der Waals surface area (Å²) in [6.07, 6.45) is 4.79. The first-order valence-corrected chi connectivity index (χ1v) is 7.44. The minimum atomic E-state index is -0.211. The lowest BCUT2D eigenvalue weighted by Crippen LogP contribution is -2.10. The topological polar surface area (TPSA) is 20.7 Å². The Morgan fingerprint density at radius 3 is 2.84 bits per heavy atom. The summed E-state index contributed by atoms with van der Waals surface area (Å²) in [5.74, 6) is 0.394. The lowest BCUT2D eigenvalue weighted by molar-refractivity contribution is 0.393. The molecule has 0 aliphatic rings. The molecule has 4 heteroatoms. The van der Waals surface area contributed by atoms with Crippen molar-refractivity contribution in [3.63, 3.8) is 0 Å². The Balaban J connectivity index is 2.30. The molecule has 0 fully saturated rings. The van der Waals surface area contributed by atoms with Crippen LogP contribution >= 0.6 is 12.2 Å². The maximum Gasteiger partial charge on any atom is 0.178 e. The lowest BCUT2D eigenvalue weighted by atomic mass is 9.99. The number of fused-ring (bicyclic) bond motifs is 1. The van der Waals surface area contributed by atoms with Crippen LogP contribution in [0, 0.1) is 16.5 Å². The first-order chi connectivity index (χ1) is 9.15. The zero-order chi connectivity index (χ0) is 13.8. The van der Waals surface area contributed by atoms with Crippen LogP contribution in [0.3, 0.4) is 0 Å². The monoisotopic (exact) mass is 280 g/mol. The Kier molecular flexibility index (Phi) is 4.75. The quantitative estimate of drug-likeness (QED) is 0.734. The maximum atomic E-state index is 13.4. The lowest BCUT2D eigenvalue weighted by Gasteiger charge is -2.15. The average molecular weight is 280 g/mol. The number of rotatable bonds is 6. The van der Waals surface area contributed by atoms with Gasteiger partial charge in [-0.2, -0.15) is 0 Å². The zero-order valence-electron chi connectivity index (χ0n) is 11.6. The number of imidazole rings is 1. The van der Waals surface area contributed by atoms with Crippen LogP contribution in [0.25, 0.3) is 11.0 Å². The largest absolute Gasteiger partial charge is 0.331 e. The van der Waals surface area contributed by atoms with Crippen molar-refractivity contribution >= 4 is 23.3 Å². The summed E-state index contributed by atoms with van der Waals surface area (Å²) in [4.78, 5) is 3.15. The van der Waals surface area contributed by atoms with Gasteiger partial charge in [0.15, 0.2) is 4.77 Å². The number of nitrogens with one attached hydrogen (secondary N) is 1. The molecule has 104 valence electrons. The number of H-pyrrole nitrogens is 1. The molecule has 2 aromatic rings. The van der Waals surface area contributed by atoms with Crippen LogP contribution in [-0.4, -0.2) is 9.55 Å². The first kappa shape index (κ1) is 14.3. The molecule has 19 heavy (non-hydrogen) atoms. The van der Waals surface area contributed by atoms with E-state index in [0.29, 0.717) is 10.7 Å². The summed E-state index contributed by atoms with van der Waals surface area (Å²) in [5.41, 5.74) is 1.79. The van der Waals surface area contributed by atoms with Crippen LogP contribution in [0.1, 0.15) is 39.5 Å². The van der Waals surface area contributed by atoms with E-state index in [1.807, 2.05) is 4.57 Å².